The second-order valence-corrected chi connectivity index (χ2v) is 8.32. The number of amides is 1. The number of aryl methyl sites for hydroxylation is 3. The van der Waals surface area contributed by atoms with Crippen molar-refractivity contribution in [3.8, 4) is 5.75 Å². The molecule has 2 N–H and O–H groups in total. The molecule has 0 radical (unpaired) electrons. The summed E-state index contributed by atoms with van der Waals surface area (Å²) in [5.41, 5.74) is 1.67. The molecule has 0 bridgehead atoms. The molecule has 0 fully saturated rings. The Morgan fingerprint density at radius 3 is 3.00 bits per heavy atom. The molecule has 0 saturated carbocycles. The number of hydrogen-bond donors (Lipinski definition) is 2. The Bertz CT molecular complexity index is 1140. The fraction of sp³-hybridized carbons (Fsp3) is 0.381. The number of aromatic nitrogens is 2. The van der Waals surface area contributed by atoms with Crippen molar-refractivity contribution in [1.82, 2.24) is 15.3 Å². The molecule has 2 aromatic heterocycles. The van der Waals surface area contributed by atoms with Crippen molar-refractivity contribution in [2.24, 2.45) is 0 Å². The van der Waals surface area contributed by atoms with E-state index in [0.29, 0.717) is 23.2 Å². The molecule has 0 spiro atoms. The molecule has 4 rings (SSSR count). The number of nitrogens with zero attached hydrogens (tertiary/aromatic N) is 1. The molecule has 1 amide bonds. The molecular weight excluding hydrogens is 393 g/mol. The first-order valence-corrected chi connectivity index (χ1v) is 10.4. The number of thiophene rings is 1. The van der Waals surface area contributed by atoms with Crippen LogP contribution in [-0.2, 0) is 24.1 Å². The number of H-pyrrole nitrogens is 1. The average Bonchev–Trinajstić information content (AvgIpc) is 3.27. The summed E-state index contributed by atoms with van der Waals surface area (Å²) in [6.45, 7) is 1.79. The van der Waals surface area contributed by atoms with Gasteiger partial charge in [-0.05, 0) is 49.4 Å². The lowest BCUT2D eigenvalue weighted by Gasteiger charge is -2.15. The molecule has 1 aromatic carbocycles. The van der Waals surface area contributed by atoms with Crippen LogP contribution in [0.15, 0.2) is 23.0 Å². The molecule has 152 valence electrons. The molecule has 3 aromatic rings. The van der Waals surface area contributed by atoms with Crippen molar-refractivity contribution in [3.05, 3.63) is 56.2 Å². The summed E-state index contributed by atoms with van der Waals surface area (Å²) in [6, 6.07) is 4.26. The zero-order valence-electron chi connectivity index (χ0n) is 16.3. The van der Waals surface area contributed by atoms with Gasteiger partial charge in [0.05, 0.1) is 18.5 Å². The smallest absolute Gasteiger partial charge is 0.259 e. The Labute approximate surface area is 171 Å². The molecule has 8 heteroatoms. The largest absolute Gasteiger partial charge is 0.494 e. The maximum Gasteiger partial charge on any atom is 0.259 e. The first kappa shape index (κ1) is 19.6. The molecule has 1 atom stereocenters. The van der Waals surface area contributed by atoms with Crippen molar-refractivity contribution in [2.75, 3.05) is 7.11 Å². The highest BCUT2D eigenvalue weighted by Crippen LogP contribution is 2.34. The third-order valence-electron chi connectivity index (χ3n) is 5.27. The molecular formula is C21H22FN3O3S. The third kappa shape index (κ3) is 3.89. The van der Waals surface area contributed by atoms with Gasteiger partial charge in [0, 0.05) is 17.7 Å². The fourth-order valence-corrected chi connectivity index (χ4v) is 5.03. The molecule has 29 heavy (non-hydrogen) atoms. The van der Waals surface area contributed by atoms with Crippen molar-refractivity contribution >= 4 is 27.5 Å². The molecule has 1 aliphatic rings. The minimum absolute atomic E-state index is 0.119. The molecule has 2 heterocycles. The van der Waals surface area contributed by atoms with Crippen molar-refractivity contribution in [1.29, 1.82) is 0 Å². The predicted octanol–water partition coefficient (Wildman–Crippen LogP) is 3.43. The van der Waals surface area contributed by atoms with Crippen molar-refractivity contribution < 1.29 is 13.9 Å². The first-order chi connectivity index (χ1) is 14.0. The van der Waals surface area contributed by atoms with Crippen LogP contribution in [0.1, 0.15) is 47.6 Å². The van der Waals surface area contributed by atoms with E-state index in [2.05, 4.69) is 15.3 Å². The van der Waals surface area contributed by atoms with Gasteiger partial charge in [-0.2, -0.15) is 0 Å². The van der Waals surface area contributed by atoms with E-state index < -0.39 is 5.82 Å². The summed E-state index contributed by atoms with van der Waals surface area (Å²) >= 11 is 1.58. The molecule has 0 aliphatic heterocycles. The number of hydrogen-bond acceptors (Lipinski definition) is 5. The van der Waals surface area contributed by atoms with Crippen LogP contribution in [0.25, 0.3) is 10.2 Å². The topological polar surface area (TPSA) is 84.1 Å². The summed E-state index contributed by atoms with van der Waals surface area (Å²) in [5.74, 6) is 0.0205. The van der Waals surface area contributed by atoms with E-state index in [4.69, 9.17) is 4.74 Å². The maximum absolute atomic E-state index is 13.9. The minimum Gasteiger partial charge on any atom is -0.494 e. The third-order valence-corrected chi connectivity index (χ3v) is 6.45. The number of carbonyl (C=O) groups is 1. The van der Waals surface area contributed by atoms with Crippen molar-refractivity contribution in [2.45, 2.75) is 45.1 Å². The highest BCUT2D eigenvalue weighted by atomic mass is 32.1. The number of fused-ring (bicyclic) bond motifs is 3. The molecule has 1 unspecified atom stereocenters. The Hall–Kier alpha value is -2.74. The van der Waals surface area contributed by atoms with E-state index in [1.807, 2.05) is 0 Å². The monoisotopic (exact) mass is 415 g/mol. The Balaban J connectivity index is 1.40. The van der Waals surface area contributed by atoms with Crippen LogP contribution in [0.4, 0.5) is 4.39 Å². The molecule has 6 nitrogen and oxygen atoms in total. The van der Waals surface area contributed by atoms with E-state index in [-0.39, 0.29) is 29.7 Å². The van der Waals surface area contributed by atoms with Gasteiger partial charge in [-0.1, -0.05) is 6.07 Å². The van der Waals surface area contributed by atoms with E-state index in [1.165, 1.54) is 24.1 Å². The maximum atomic E-state index is 13.9. The molecule has 1 aliphatic carbocycles. The quantitative estimate of drug-likeness (QED) is 0.646. The number of ether oxygens (including phenoxy) is 1. The second-order valence-electron chi connectivity index (χ2n) is 7.23. The SMILES string of the molecule is COc1ccc(C(C)NC(=O)CCc2nc3sc4c(c3c(=O)[nH]2)CCC4)cc1F. The van der Waals surface area contributed by atoms with Crippen LogP contribution in [0, 0.1) is 5.82 Å². The Morgan fingerprint density at radius 1 is 1.41 bits per heavy atom. The average molecular weight is 415 g/mol. The van der Waals surface area contributed by atoms with Gasteiger partial charge in [0.2, 0.25) is 5.91 Å². The van der Waals surface area contributed by atoms with Crippen LogP contribution in [0.5, 0.6) is 5.75 Å². The summed E-state index contributed by atoms with van der Waals surface area (Å²) in [5, 5.41) is 3.56. The Kier molecular flexibility index (Phi) is 5.36. The highest BCUT2D eigenvalue weighted by molar-refractivity contribution is 7.18. The van der Waals surface area contributed by atoms with Gasteiger partial charge >= 0.3 is 0 Å². The predicted molar refractivity (Wildman–Crippen MR) is 110 cm³/mol. The van der Waals surface area contributed by atoms with Gasteiger partial charge in [0.15, 0.2) is 11.6 Å². The fourth-order valence-electron chi connectivity index (χ4n) is 3.75. The minimum atomic E-state index is -0.468. The summed E-state index contributed by atoms with van der Waals surface area (Å²) in [7, 11) is 1.41. The van der Waals surface area contributed by atoms with E-state index in [1.54, 1.807) is 24.3 Å². The standard InChI is InChI=1S/C21H22FN3O3S/c1-11(12-6-7-15(28-2)14(22)10-12)23-18(26)9-8-17-24-20(27)19-13-4-3-5-16(13)29-21(19)25-17/h6-7,10-11H,3-5,8-9H2,1-2H3,(H,23,26)(H,24,25,27). The van der Waals surface area contributed by atoms with Gasteiger partial charge in [-0.15, -0.1) is 11.3 Å². The lowest BCUT2D eigenvalue weighted by atomic mass is 10.1. The number of halogens is 1. The van der Waals surface area contributed by atoms with E-state index >= 15 is 0 Å². The van der Waals surface area contributed by atoms with Gasteiger partial charge in [-0.3, -0.25) is 9.59 Å². The highest BCUT2D eigenvalue weighted by Gasteiger charge is 2.21. The number of benzene rings is 1. The zero-order chi connectivity index (χ0) is 20.5. The van der Waals surface area contributed by atoms with Crippen molar-refractivity contribution in [3.63, 3.8) is 0 Å². The summed E-state index contributed by atoms with van der Waals surface area (Å²) < 4.78 is 18.8. The lowest BCUT2D eigenvalue weighted by Crippen LogP contribution is -2.27. The van der Waals surface area contributed by atoms with Crippen LogP contribution in [0.3, 0.4) is 0 Å². The molecule has 0 saturated heterocycles. The number of nitrogens with one attached hydrogen (secondary N) is 2. The lowest BCUT2D eigenvalue weighted by molar-refractivity contribution is -0.121. The van der Waals surface area contributed by atoms with Gasteiger partial charge in [-0.25, -0.2) is 9.37 Å². The Morgan fingerprint density at radius 2 is 2.24 bits per heavy atom. The summed E-state index contributed by atoms with van der Waals surface area (Å²) in [4.78, 5) is 34.2. The number of aromatic amines is 1. The summed E-state index contributed by atoms with van der Waals surface area (Å²) in [6.07, 6.45) is 3.56. The van der Waals surface area contributed by atoms with E-state index in [9.17, 15) is 14.0 Å². The number of methoxy groups -OCH3 is 1. The van der Waals surface area contributed by atoms with Crippen LogP contribution < -0.4 is 15.6 Å². The second kappa shape index (κ2) is 7.94. The van der Waals surface area contributed by atoms with Gasteiger partial charge in [0.25, 0.3) is 5.56 Å². The first-order valence-electron chi connectivity index (χ1n) is 9.62. The van der Waals surface area contributed by atoms with Gasteiger partial charge in [0.1, 0.15) is 10.7 Å². The number of carbonyl (C=O) groups excluding carboxylic acids is 1. The van der Waals surface area contributed by atoms with Crippen LogP contribution in [0.2, 0.25) is 0 Å². The van der Waals surface area contributed by atoms with Crippen LogP contribution >= 0.6 is 11.3 Å². The normalized spacial score (nSPS) is 14.0. The number of rotatable bonds is 6. The van der Waals surface area contributed by atoms with E-state index in [0.717, 1.165) is 29.7 Å². The van der Waals surface area contributed by atoms with Crippen LogP contribution in [-0.4, -0.2) is 23.0 Å². The van der Waals surface area contributed by atoms with Gasteiger partial charge < -0.3 is 15.0 Å². The zero-order valence-corrected chi connectivity index (χ0v) is 17.1.